The Morgan fingerprint density at radius 1 is 1.41 bits per heavy atom. The molecule has 0 fully saturated rings. The van der Waals surface area contributed by atoms with Crippen molar-refractivity contribution in [3.05, 3.63) is 30.0 Å². The fourth-order valence-electron chi connectivity index (χ4n) is 2.01. The number of benzene rings is 1. The summed E-state index contributed by atoms with van der Waals surface area (Å²) < 4.78 is 5.31. The molecule has 1 heterocycles. The Hall–Kier alpha value is -1.77. The molecule has 0 unspecified atom stereocenters. The van der Waals surface area contributed by atoms with Gasteiger partial charge >= 0.3 is 0 Å². The highest BCUT2D eigenvalue weighted by molar-refractivity contribution is 6.09. The van der Waals surface area contributed by atoms with E-state index in [2.05, 4.69) is 11.9 Å². The molecular formula is C14H17NO2. The summed E-state index contributed by atoms with van der Waals surface area (Å²) in [6.45, 7) is 2.09. The topological polar surface area (TPSA) is 42.1 Å². The van der Waals surface area contributed by atoms with Crippen molar-refractivity contribution < 1.29 is 9.53 Å². The lowest BCUT2D eigenvalue weighted by atomic mass is 10.0. The van der Waals surface area contributed by atoms with E-state index in [-0.39, 0.29) is 5.78 Å². The average molecular weight is 231 g/mol. The number of hydrogen-bond donors (Lipinski definition) is 1. The second-order valence-corrected chi connectivity index (χ2v) is 4.11. The molecule has 3 heteroatoms. The van der Waals surface area contributed by atoms with Gasteiger partial charge in [-0.15, -0.1) is 0 Å². The van der Waals surface area contributed by atoms with Gasteiger partial charge in [0.05, 0.1) is 12.5 Å². The number of ketones is 1. The van der Waals surface area contributed by atoms with Crippen LogP contribution in [-0.2, 0) is 0 Å². The molecule has 1 N–H and O–H groups in total. The number of fused-ring (bicyclic) bond motifs is 1. The minimum absolute atomic E-state index is 0.183. The Morgan fingerprint density at radius 2 is 2.24 bits per heavy atom. The van der Waals surface area contributed by atoms with E-state index in [1.807, 2.05) is 18.2 Å². The number of methoxy groups -OCH3 is 1. The fourth-order valence-corrected chi connectivity index (χ4v) is 2.01. The van der Waals surface area contributed by atoms with Crippen LogP contribution in [0.15, 0.2) is 24.4 Å². The highest BCUT2D eigenvalue weighted by Crippen LogP contribution is 2.29. The highest BCUT2D eigenvalue weighted by atomic mass is 16.5. The van der Waals surface area contributed by atoms with Crippen molar-refractivity contribution >= 4 is 16.7 Å². The van der Waals surface area contributed by atoms with E-state index in [0.29, 0.717) is 6.42 Å². The van der Waals surface area contributed by atoms with Crippen LogP contribution in [0.4, 0.5) is 0 Å². The van der Waals surface area contributed by atoms with Crippen LogP contribution in [0.1, 0.15) is 36.5 Å². The van der Waals surface area contributed by atoms with Crippen LogP contribution < -0.4 is 4.74 Å². The van der Waals surface area contributed by atoms with Gasteiger partial charge in [0, 0.05) is 23.7 Å². The predicted molar refractivity (Wildman–Crippen MR) is 68.7 cm³/mol. The van der Waals surface area contributed by atoms with Gasteiger partial charge in [-0.2, -0.15) is 0 Å². The minimum atomic E-state index is 0.183. The van der Waals surface area contributed by atoms with E-state index in [1.165, 1.54) is 0 Å². The Morgan fingerprint density at radius 3 is 2.94 bits per heavy atom. The second kappa shape index (κ2) is 5.04. The van der Waals surface area contributed by atoms with Crippen LogP contribution >= 0.6 is 0 Å². The van der Waals surface area contributed by atoms with Crippen LogP contribution in [0, 0.1) is 0 Å². The molecule has 0 aliphatic carbocycles. The maximum atomic E-state index is 12.1. The molecular weight excluding hydrogens is 214 g/mol. The first-order chi connectivity index (χ1) is 8.27. The highest BCUT2D eigenvalue weighted by Gasteiger charge is 2.14. The molecule has 0 atom stereocenters. The number of unbranched alkanes of at least 4 members (excludes halogenated alkanes) is 1. The molecule has 0 aliphatic rings. The molecule has 17 heavy (non-hydrogen) atoms. The van der Waals surface area contributed by atoms with Gasteiger partial charge in [-0.25, -0.2) is 0 Å². The van der Waals surface area contributed by atoms with Gasteiger partial charge in [0.1, 0.15) is 5.75 Å². The number of nitrogens with one attached hydrogen (secondary N) is 1. The Balaban J connectivity index is 2.44. The molecule has 0 radical (unpaired) electrons. The third-order valence-electron chi connectivity index (χ3n) is 2.95. The first-order valence-corrected chi connectivity index (χ1v) is 5.95. The molecule has 0 spiro atoms. The molecule has 1 aromatic carbocycles. The van der Waals surface area contributed by atoms with Crippen molar-refractivity contribution in [3.8, 4) is 5.75 Å². The van der Waals surface area contributed by atoms with E-state index in [0.717, 1.165) is 35.1 Å². The number of ether oxygens (including phenoxy) is 1. The number of aromatic nitrogens is 1. The summed E-state index contributed by atoms with van der Waals surface area (Å²) in [4.78, 5) is 15.2. The maximum absolute atomic E-state index is 12.1. The largest absolute Gasteiger partial charge is 0.496 e. The monoisotopic (exact) mass is 231 g/mol. The Labute approximate surface area is 101 Å². The molecule has 90 valence electrons. The molecule has 2 aromatic rings. The quantitative estimate of drug-likeness (QED) is 0.799. The Kier molecular flexibility index (Phi) is 3.47. The third kappa shape index (κ3) is 2.18. The van der Waals surface area contributed by atoms with E-state index in [4.69, 9.17) is 4.74 Å². The van der Waals surface area contributed by atoms with Crippen LogP contribution in [0.25, 0.3) is 10.9 Å². The number of rotatable bonds is 5. The molecule has 2 rings (SSSR count). The zero-order valence-corrected chi connectivity index (χ0v) is 10.2. The first kappa shape index (κ1) is 11.7. The van der Waals surface area contributed by atoms with Crippen LogP contribution in [0.3, 0.4) is 0 Å². The summed E-state index contributed by atoms with van der Waals surface area (Å²) in [5.41, 5.74) is 1.69. The summed E-state index contributed by atoms with van der Waals surface area (Å²) >= 11 is 0. The van der Waals surface area contributed by atoms with Crippen molar-refractivity contribution in [2.24, 2.45) is 0 Å². The third-order valence-corrected chi connectivity index (χ3v) is 2.95. The average Bonchev–Trinajstić information content (AvgIpc) is 2.79. The molecule has 3 nitrogen and oxygen atoms in total. The lowest BCUT2D eigenvalue weighted by Crippen LogP contribution is -1.98. The number of aromatic amines is 1. The van der Waals surface area contributed by atoms with Gasteiger partial charge in [-0.05, 0) is 18.6 Å². The molecule has 0 amide bonds. The van der Waals surface area contributed by atoms with Crippen molar-refractivity contribution in [2.45, 2.75) is 26.2 Å². The van der Waals surface area contributed by atoms with Crippen LogP contribution in [0.5, 0.6) is 5.75 Å². The summed E-state index contributed by atoms with van der Waals surface area (Å²) in [5, 5.41) is 0.899. The molecule has 0 saturated heterocycles. The smallest absolute Gasteiger partial charge is 0.165 e. The molecule has 0 bridgehead atoms. The predicted octanol–water partition coefficient (Wildman–Crippen LogP) is 3.55. The van der Waals surface area contributed by atoms with E-state index in [9.17, 15) is 4.79 Å². The number of carbonyl (C=O) groups excluding carboxylic acids is 1. The van der Waals surface area contributed by atoms with Crippen LogP contribution in [-0.4, -0.2) is 17.9 Å². The number of Topliss-reactive ketones (excluding diaryl/α,β-unsaturated/α-hetero) is 1. The number of H-pyrrole nitrogens is 1. The Bertz CT molecular complexity index is 528. The summed E-state index contributed by atoms with van der Waals surface area (Å²) in [6.07, 6.45) is 4.35. The zero-order valence-electron chi connectivity index (χ0n) is 10.2. The van der Waals surface area contributed by atoms with Crippen molar-refractivity contribution in [1.82, 2.24) is 4.98 Å². The standard InChI is InChI=1S/C14H17NO2/c1-3-4-7-12(16)10-9-15-11-6-5-8-13(17-2)14(10)11/h5-6,8-9,15H,3-4,7H2,1-2H3. The van der Waals surface area contributed by atoms with Gasteiger partial charge < -0.3 is 9.72 Å². The first-order valence-electron chi connectivity index (χ1n) is 5.95. The van der Waals surface area contributed by atoms with E-state index >= 15 is 0 Å². The number of hydrogen-bond acceptors (Lipinski definition) is 2. The van der Waals surface area contributed by atoms with Crippen molar-refractivity contribution in [3.63, 3.8) is 0 Å². The molecule has 1 aromatic heterocycles. The van der Waals surface area contributed by atoms with Gasteiger partial charge in [-0.1, -0.05) is 19.4 Å². The summed E-state index contributed by atoms with van der Waals surface area (Å²) in [6, 6.07) is 5.75. The lowest BCUT2D eigenvalue weighted by Gasteiger charge is -2.04. The van der Waals surface area contributed by atoms with E-state index < -0.39 is 0 Å². The van der Waals surface area contributed by atoms with Gasteiger partial charge in [0.25, 0.3) is 0 Å². The molecule has 0 saturated carbocycles. The molecule has 0 aliphatic heterocycles. The summed E-state index contributed by atoms with van der Waals surface area (Å²) in [7, 11) is 1.63. The van der Waals surface area contributed by atoms with E-state index in [1.54, 1.807) is 13.3 Å². The second-order valence-electron chi connectivity index (χ2n) is 4.11. The van der Waals surface area contributed by atoms with Crippen molar-refractivity contribution in [2.75, 3.05) is 7.11 Å². The van der Waals surface area contributed by atoms with Gasteiger partial charge in [-0.3, -0.25) is 4.79 Å². The van der Waals surface area contributed by atoms with Crippen LogP contribution in [0.2, 0.25) is 0 Å². The normalized spacial score (nSPS) is 10.7. The lowest BCUT2D eigenvalue weighted by molar-refractivity contribution is 0.0981. The zero-order chi connectivity index (χ0) is 12.3. The minimum Gasteiger partial charge on any atom is -0.496 e. The van der Waals surface area contributed by atoms with Gasteiger partial charge in [0.15, 0.2) is 5.78 Å². The fraction of sp³-hybridized carbons (Fsp3) is 0.357. The summed E-state index contributed by atoms with van der Waals surface area (Å²) in [5.74, 6) is 0.936. The SMILES string of the molecule is CCCCC(=O)c1c[nH]c2cccc(OC)c12. The van der Waals surface area contributed by atoms with Gasteiger partial charge in [0.2, 0.25) is 0 Å². The van der Waals surface area contributed by atoms with Crippen molar-refractivity contribution in [1.29, 1.82) is 0 Å². The number of carbonyl (C=O) groups is 1. The maximum Gasteiger partial charge on any atom is 0.165 e.